The van der Waals surface area contributed by atoms with E-state index in [9.17, 15) is 9.59 Å². The van der Waals surface area contributed by atoms with Gasteiger partial charge in [-0.05, 0) is 29.8 Å². The van der Waals surface area contributed by atoms with Crippen LogP contribution in [-0.2, 0) is 11.3 Å². The summed E-state index contributed by atoms with van der Waals surface area (Å²) in [4.78, 5) is 23.5. The lowest BCUT2D eigenvalue weighted by molar-refractivity contribution is -0.114. The van der Waals surface area contributed by atoms with Gasteiger partial charge in [0.15, 0.2) is 0 Å². The van der Waals surface area contributed by atoms with Crippen LogP contribution in [0.4, 0.5) is 5.69 Å². The van der Waals surface area contributed by atoms with Gasteiger partial charge in [0.05, 0.1) is 12.7 Å². The number of halogens is 1. The van der Waals surface area contributed by atoms with Crippen LogP contribution in [0.15, 0.2) is 42.5 Å². The Labute approximate surface area is 139 Å². The van der Waals surface area contributed by atoms with Crippen molar-refractivity contribution in [2.24, 2.45) is 0 Å². The second-order valence-electron chi connectivity index (χ2n) is 4.87. The van der Waals surface area contributed by atoms with Crippen LogP contribution < -0.4 is 15.4 Å². The Kier molecular flexibility index (Phi) is 5.60. The Bertz CT molecular complexity index is 732. The maximum Gasteiger partial charge on any atom is 0.255 e. The molecule has 0 heterocycles. The molecule has 5 nitrogen and oxygen atoms in total. The van der Waals surface area contributed by atoms with Gasteiger partial charge in [-0.25, -0.2) is 0 Å². The second-order valence-corrected chi connectivity index (χ2v) is 5.28. The number of benzene rings is 2. The van der Waals surface area contributed by atoms with Crippen molar-refractivity contribution < 1.29 is 14.3 Å². The molecule has 6 heteroatoms. The number of rotatable bonds is 5. The quantitative estimate of drug-likeness (QED) is 0.883. The van der Waals surface area contributed by atoms with Crippen molar-refractivity contribution >= 4 is 29.1 Å². The fourth-order valence-corrected chi connectivity index (χ4v) is 2.28. The fourth-order valence-electron chi connectivity index (χ4n) is 2.08. The maximum atomic E-state index is 12.4. The van der Waals surface area contributed by atoms with Gasteiger partial charge in [-0.2, -0.15) is 0 Å². The molecule has 2 rings (SSSR count). The first-order valence-electron chi connectivity index (χ1n) is 6.98. The van der Waals surface area contributed by atoms with E-state index in [1.807, 2.05) is 18.2 Å². The predicted molar refractivity (Wildman–Crippen MR) is 89.9 cm³/mol. The van der Waals surface area contributed by atoms with Crippen molar-refractivity contribution in [3.8, 4) is 5.75 Å². The van der Waals surface area contributed by atoms with Gasteiger partial charge in [0.25, 0.3) is 5.91 Å². The van der Waals surface area contributed by atoms with Gasteiger partial charge >= 0.3 is 0 Å². The van der Waals surface area contributed by atoms with Crippen LogP contribution in [-0.4, -0.2) is 18.9 Å². The molecule has 2 amide bonds. The summed E-state index contributed by atoms with van der Waals surface area (Å²) in [7, 11) is 1.48. The molecule has 0 bridgehead atoms. The molecule has 0 saturated carbocycles. The number of hydrogen-bond acceptors (Lipinski definition) is 3. The number of nitrogens with one attached hydrogen (secondary N) is 2. The van der Waals surface area contributed by atoms with Gasteiger partial charge in [0.1, 0.15) is 5.75 Å². The Morgan fingerprint density at radius 3 is 2.57 bits per heavy atom. The van der Waals surface area contributed by atoms with Crippen molar-refractivity contribution in [2.45, 2.75) is 13.5 Å². The minimum absolute atomic E-state index is 0.211. The Hall–Kier alpha value is -2.53. The first kappa shape index (κ1) is 16.8. The van der Waals surface area contributed by atoms with E-state index in [0.717, 1.165) is 5.56 Å². The summed E-state index contributed by atoms with van der Waals surface area (Å²) in [6.07, 6.45) is 0. The summed E-state index contributed by atoms with van der Waals surface area (Å²) < 4.78 is 5.20. The summed E-state index contributed by atoms with van der Waals surface area (Å²) in [5.74, 6) is -0.0951. The van der Waals surface area contributed by atoms with Crippen LogP contribution in [0.1, 0.15) is 22.8 Å². The summed E-state index contributed by atoms with van der Waals surface area (Å²) in [5, 5.41) is 6.02. The van der Waals surface area contributed by atoms with E-state index in [1.54, 1.807) is 24.3 Å². The van der Waals surface area contributed by atoms with Gasteiger partial charge in [-0.3, -0.25) is 9.59 Å². The largest absolute Gasteiger partial charge is 0.496 e. The minimum Gasteiger partial charge on any atom is -0.496 e. The first-order chi connectivity index (χ1) is 11.0. The molecule has 0 spiro atoms. The molecule has 23 heavy (non-hydrogen) atoms. The maximum absolute atomic E-state index is 12.4. The molecule has 2 N–H and O–H groups in total. The van der Waals surface area contributed by atoms with E-state index >= 15 is 0 Å². The molecule has 0 atom stereocenters. The molecule has 0 saturated heterocycles. The van der Waals surface area contributed by atoms with Gasteiger partial charge in [-0.1, -0.05) is 29.8 Å². The third-order valence-electron chi connectivity index (χ3n) is 3.16. The zero-order valence-electron chi connectivity index (χ0n) is 12.9. The smallest absolute Gasteiger partial charge is 0.255 e. The molecule has 0 fully saturated rings. The highest BCUT2D eigenvalue weighted by molar-refractivity contribution is 6.31. The topological polar surface area (TPSA) is 67.4 Å². The predicted octanol–water partition coefficient (Wildman–Crippen LogP) is 3.24. The highest BCUT2D eigenvalue weighted by Gasteiger charge is 2.14. The number of ether oxygens (including phenoxy) is 1. The molecule has 0 aromatic heterocycles. The number of methoxy groups -OCH3 is 1. The fraction of sp³-hybridized carbons (Fsp3) is 0.176. The van der Waals surface area contributed by atoms with Crippen molar-refractivity contribution in [3.05, 3.63) is 58.6 Å². The van der Waals surface area contributed by atoms with Crippen LogP contribution in [0, 0.1) is 0 Å². The molecular formula is C17H17ClN2O3. The summed E-state index contributed by atoms with van der Waals surface area (Å²) >= 11 is 6.07. The molecule has 0 unspecified atom stereocenters. The SMILES string of the molecule is COc1ccc(NC(C)=O)cc1C(=O)NCc1ccccc1Cl. The van der Waals surface area contributed by atoms with E-state index in [-0.39, 0.29) is 11.8 Å². The number of carbonyl (C=O) groups is 2. The van der Waals surface area contributed by atoms with Gasteiger partial charge < -0.3 is 15.4 Å². The lowest BCUT2D eigenvalue weighted by Crippen LogP contribution is -2.23. The number of anilines is 1. The van der Waals surface area contributed by atoms with E-state index < -0.39 is 0 Å². The monoisotopic (exact) mass is 332 g/mol. The summed E-state index contributed by atoms with van der Waals surface area (Å²) in [5.41, 5.74) is 1.69. The van der Waals surface area contributed by atoms with Crippen molar-refractivity contribution in [1.82, 2.24) is 5.32 Å². The van der Waals surface area contributed by atoms with E-state index in [4.69, 9.17) is 16.3 Å². The van der Waals surface area contributed by atoms with Gasteiger partial charge in [-0.15, -0.1) is 0 Å². The summed E-state index contributed by atoms with van der Waals surface area (Å²) in [6.45, 7) is 1.70. The van der Waals surface area contributed by atoms with E-state index in [0.29, 0.717) is 28.6 Å². The molecule has 0 radical (unpaired) electrons. The normalized spacial score (nSPS) is 10.0. The van der Waals surface area contributed by atoms with Crippen molar-refractivity contribution in [3.63, 3.8) is 0 Å². The standard InChI is InChI=1S/C17H17ClN2O3/c1-11(21)20-13-7-8-16(23-2)14(9-13)17(22)19-10-12-5-3-4-6-15(12)18/h3-9H,10H2,1-2H3,(H,19,22)(H,20,21). The van der Waals surface area contributed by atoms with Crippen LogP contribution in [0.25, 0.3) is 0 Å². The summed E-state index contributed by atoms with van der Waals surface area (Å²) in [6, 6.07) is 12.2. The molecule has 0 aliphatic rings. The van der Waals surface area contributed by atoms with Gasteiger partial charge in [0.2, 0.25) is 5.91 Å². The molecule has 0 aliphatic carbocycles. The van der Waals surface area contributed by atoms with Crippen molar-refractivity contribution in [1.29, 1.82) is 0 Å². The zero-order valence-corrected chi connectivity index (χ0v) is 13.6. The zero-order chi connectivity index (χ0) is 16.8. The lowest BCUT2D eigenvalue weighted by atomic mass is 10.1. The van der Waals surface area contributed by atoms with Crippen LogP contribution in [0.3, 0.4) is 0 Å². The number of carbonyl (C=O) groups excluding carboxylic acids is 2. The lowest BCUT2D eigenvalue weighted by Gasteiger charge is -2.12. The average molecular weight is 333 g/mol. The first-order valence-corrected chi connectivity index (χ1v) is 7.36. The van der Waals surface area contributed by atoms with Crippen LogP contribution >= 0.6 is 11.6 Å². The van der Waals surface area contributed by atoms with Gasteiger partial charge in [0, 0.05) is 24.2 Å². The molecule has 120 valence electrons. The number of hydrogen-bond donors (Lipinski definition) is 2. The Morgan fingerprint density at radius 1 is 1.17 bits per heavy atom. The van der Waals surface area contributed by atoms with E-state index in [2.05, 4.69) is 10.6 Å². The molecule has 2 aromatic rings. The Morgan fingerprint density at radius 2 is 1.91 bits per heavy atom. The minimum atomic E-state index is -0.311. The third-order valence-corrected chi connectivity index (χ3v) is 3.53. The number of amides is 2. The second kappa shape index (κ2) is 7.65. The molecule has 0 aliphatic heterocycles. The third kappa shape index (κ3) is 4.47. The average Bonchev–Trinajstić information content (AvgIpc) is 2.53. The van der Waals surface area contributed by atoms with Crippen molar-refractivity contribution in [2.75, 3.05) is 12.4 Å². The van der Waals surface area contributed by atoms with Crippen LogP contribution in [0.2, 0.25) is 5.02 Å². The highest BCUT2D eigenvalue weighted by atomic mass is 35.5. The molecular weight excluding hydrogens is 316 g/mol. The Balaban J connectivity index is 2.17. The van der Waals surface area contributed by atoms with E-state index in [1.165, 1.54) is 14.0 Å². The van der Waals surface area contributed by atoms with Crippen LogP contribution in [0.5, 0.6) is 5.75 Å². The molecule has 2 aromatic carbocycles. The highest BCUT2D eigenvalue weighted by Crippen LogP contribution is 2.23.